The van der Waals surface area contributed by atoms with Gasteiger partial charge in [-0.25, -0.2) is 13.2 Å². The monoisotopic (exact) mass is 348 g/mol. The predicted molar refractivity (Wildman–Crippen MR) is 88.5 cm³/mol. The third kappa shape index (κ3) is 4.02. The first-order valence-corrected chi connectivity index (χ1v) is 8.12. The number of nitrogens with zero attached hydrogens (tertiary/aromatic N) is 1. The Morgan fingerprint density at radius 1 is 1.12 bits per heavy atom. The molecule has 0 saturated carbocycles. The van der Waals surface area contributed by atoms with Crippen molar-refractivity contribution in [3.05, 3.63) is 70.5 Å². The molecule has 1 heterocycles. The van der Waals surface area contributed by atoms with Gasteiger partial charge in [-0.2, -0.15) is 0 Å². The average molecular weight is 348 g/mol. The lowest BCUT2D eigenvalue weighted by Gasteiger charge is -2.39. The molecule has 0 spiro atoms. The van der Waals surface area contributed by atoms with Crippen LogP contribution in [0.1, 0.15) is 22.6 Å². The summed E-state index contributed by atoms with van der Waals surface area (Å²) in [6.07, 6.45) is 0. The largest absolute Gasteiger partial charge is 0.340 e. The van der Waals surface area contributed by atoms with Crippen molar-refractivity contribution in [1.82, 2.24) is 10.2 Å². The fourth-order valence-electron chi connectivity index (χ4n) is 2.90. The molecule has 0 atom stereocenters. The van der Waals surface area contributed by atoms with Crippen molar-refractivity contribution < 1.29 is 18.0 Å². The molecule has 0 aromatic heterocycles. The highest BCUT2D eigenvalue weighted by Gasteiger charge is 2.31. The minimum absolute atomic E-state index is 0.0717. The Morgan fingerprint density at radius 3 is 2.56 bits per heavy atom. The van der Waals surface area contributed by atoms with Crippen molar-refractivity contribution in [1.29, 1.82) is 0 Å². The van der Waals surface area contributed by atoms with Crippen LogP contribution in [0.5, 0.6) is 0 Å². The third-order valence-electron chi connectivity index (χ3n) is 4.49. The highest BCUT2D eigenvalue weighted by molar-refractivity contribution is 5.79. The van der Waals surface area contributed by atoms with Crippen LogP contribution < -0.4 is 5.32 Å². The lowest BCUT2D eigenvalue weighted by Crippen LogP contribution is -2.51. The fourth-order valence-corrected chi connectivity index (χ4v) is 2.90. The van der Waals surface area contributed by atoms with E-state index < -0.39 is 11.6 Å². The molecule has 3 rings (SSSR count). The Bertz CT molecular complexity index is 788. The lowest BCUT2D eigenvalue weighted by atomic mass is 9.90. The molecule has 132 valence electrons. The summed E-state index contributed by atoms with van der Waals surface area (Å²) in [6, 6.07) is 8.39. The standard InChI is InChI=1S/C19H19F3N2O/c1-12-6-13(3-5-17(12)21)15-10-24(11-15)19(25)9-23-8-14-2-4-16(20)7-18(14)22/h2-7,15,23H,8-11H2,1H3. The van der Waals surface area contributed by atoms with E-state index in [2.05, 4.69) is 5.32 Å². The number of hydrogen-bond acceptors (Lipinski definition) is 2. The highest BCUT2D eigenvalue weighted by Crippen LogP contribution is 2.28. The molecule has 1 amide bonds. The molecule has 0 unspecified atom stereocenters. The number of nitrogens with one attached hydrogen (secondary N) is 1. The number of carbonyl (C=O) groups excluding carboxylic acids is 1. The van der Waals surface area contributed by atoms with E-state index in [1.807, 2.05) is 6.07 Å². The van der Waals surface area contributed by atoms with Crippen LogP contribution in [0.4, 0.5) is 13.2 Å². The number of carbonyl (C=O) groups is 1. The van der Waals surface area contributed by atoms with Crippen LogP contribution in [-0.4, -0.2) is 30.4 Å². The minimum Gasteiger partial charge on any atom is -0.340 e. The Balaban J connectivity index is 1.45. The first-order chi connectivity index (χ1) is 11.9. The zero-order valence-corrected chi connectivity index (χ0v) is 13.9. The minimum atomic E-state index is -0.629. The van der Waals surface area contributed by atoms with Crippen molar-refractivity contribution in [2.24, 2.45) is 0 Å². The number of aryl methyl sites for hydroxylation is 1. The molecule has 0 aliphatic carbocycles. The molecule has 1 N–H and O–H groups in total. The molecule has 0 radical (unpaired) electrons. The first-order valence-electron chi connectivity index (χ1n) is 8.12. The van der Waals surface area contributed by atoms with Gasteiger partial charge in [-0.3, -0.25) is 4.79 Å². The van der Waals surface area contributed by atoms with Gasteiger partial charge in [-0.15, -0.1) is 0 Å². The molecule has 1 fully saturated rings. The maximum absolute atomic E-state index is 13.5. The Morgan fingerprint density at radius 2 is 1.88 bits per heavy atom. The van der Waals surface area contributed by atoms with Crippen LogP contribution >= 0.6 is 0 Å². The van der Waals surface area contributed by atoms with Crippen LogP contribution in [0.15, 0.2) is 36.4 Å². The Labute approximate surface area is 144 Å². The van der Waals surface area contributed by atoms with E-state index in [0.29, 0.717) is 24.2 Å². The summed E-state index contributed by atoms with van der Waals surface area (Å²) < 4.78 is 39.6. The van der Waals surface area contributed by atoms with Crippen LogP contribution in [0, 0.1) is 24.4 Å². The van der Waals surface area contributed by atoms with Gasteiger partial charge in [-0.1, -0.05) is 18.2 Å². The second kappa shape index (κ2) is 7.27. The molecule has 1 aliphatic rings. The Kier molecular flexibility index (Phi) is 5.08. The summed E-state index contributed by atoms with van der Waals surface area (Å²) in [4.78, 5) is 13.8. The van der Waals surface area contributed by atoms with Crippen LogP contribution in [0.25, 0.3) is 0 Å². The van der Waals surface area contributed by atoms with Gasteiger partial charge < -0.3 is 10.2 Å². The molecular formula is C19H19F3N2O. The lowest BCUT2D eigenvalue weighted by molar-refractivity contribution is -0.134. The molecule has 2 aromatic carbocycles. The molecule has 2 aromatic rings. The average Bonchev–Trinajstić information content (AvgIpc) is 2.51. The van der Waals surface area contributed by atoms with Gasteiger partial charge in [-0.05, 0) is 30.2 Å². The van der Waals surface area contributed by atoms with Crippen molar-refractivity contribution >= 4 is 5.91 Å². The van der Waals surface area contributed by atoms with E-state index >= 15 is 0 Å². The van der Waals surface area contributed by atoms with E-state index in [9.17, 15) is 18.0 Å². The summed E-state index contributed by atoms with van der Waals surface area (Å²) in [6.45, 7) is 3.16. The number of hydrogen-bond donors (Lipinski definition) is 1. The first kappa shape index (κ1) is 17.5. The van der Waals surface area contributed by atoms with Gasteiger partial charge >= 0.3 is 0 Å². The summed E-state index contributed by atoms with van der Waals surface area (Å²) in [5, 5.41) is 2.88. The molecule has 25 heavy (non-hydrogen) atoms. The summed E-state index contributed by atoms with van der Waals surface area (Å²) in [7, 11) is 0. The number of amides is 1. The van der Waals surface area contributed by atoms with E-state index in [1.54, 1.807) is 17.9 Å². The van der Waals surface area contributed by atoms with Gasteiger partial charge in [0, 0.05) is 37.2 Å². The second-order valence-electron chi connectivity index (χ2n) is 6.34. The van der Waals surface area contributed by atoms with Crippen molar-refractivity contribution in [3.8, 4) is 0 Å². The SMILES string of the molecule is Cc1cc(C2CN(C(=O)CNCc3ccc(F)cc3F)C2)ccc1F. The van der Waals surface area contributed by atoms with E-state index in [0.717, 1.165) is 11.6 Å². The van der Waals surface area contributed by atoms with E-state index in [-0.39, 0.29) is 30.7 Å². The fraction of sp³-hybridized carbons (Fsp3) is 0.316. The second-order valence-corrected chi connectivity index (χ2v) is 6.34. The van der Waals surface area contributed by atoms with E-state index in [1.165, 1.54) is 18.2 Å². The topological polar surface area (TPSA) is 32.3 Å². The molecule has 1 aliphatic heterocycles. The smallest absolute Gasteiger partial charge is 0.236 e. The number of benzene rings is 2. The van der Waals surface area contributed by atoms with Crippen molar-refractivity contribution in [2.45, 2.75) is 19.4 Å². The number of likely N-dealkylation sites (tertiary alicyclic amines) is 1. The quantitative estimate of drug-likeness (QED) is 0.900. The van der Waals surface area contributed by atoms with Crippen LogP contribution in [0.2, 0.25) is 0 Å². The van der Waals surface area contributed by atoms with Crippen molar-refractivity contribution in [3.63, 3.8) is 0 Å². The maximum Gasteiger partial charge on any atom is 0.236 e. The molecule has 6 heteroatoms. The zero-order valence-electron chi connectivity index (χ0n) is 13.9. The van der Waals surface area contributed by atoms with Crippen LogP contribution in [0.3, 0.4) is 0 Å². The van der Waals surface area contributed by atoms with Gasteiger partial charge in [0.05, 0.1) is 6.54 Å². The molecule has 1 saturated heterocycles. The zero-order chi connectivity index (χ0) is 18.0. The van der Waals surface area contributed by atoms with Gasteiger partial charge in [0.15, 0.2) is 0 Å². The number of rotatable bonds is 5. The normalized spacial score (nSPS) is 14.5. The predicted octanol–water partition coefficient (Wildman–Crippen LogP) is 3.13. The maximum atomic E-state index is 13.5. The summed E-state index contributed by atoms with van der Waals surface area (Å²) in [5.74, 6) is -1.33. The molecular weight excluding hydrogens is 329 g/mol. The van der Waals surface area contributed by atoms with Gasteiger partial charge in [0.2, 0.25) is 5.91 Å². The third-order valence-corrected chi connectivity index (χ3v) is 4.49. The van der Waals surface area contributed by atoms with Gasteiger partial charge in [0.25, 0.3) is 0 Å². The summed E-state index contributed by atoms with van der Waals surface area (Å²) >= 11 is 0. The Hall–Kier alpha value is -2.34. The molecule has 0 bridgehead atoms. The molecule has 3 nitrogen and oxygen atoms in total. The van der Waals surface area contributed by atoms with Crippen molar-refractivity contribution in [2.75, 3.05) is 19.6 Å². The summed E-state index contributed by atoms with van der Waals surface area (Å²) in [5.41, 5.74) is 1.95. The van der Waals surface area contributed by atoms with Gasteiger partial charge in [0.1, 0.15) is 17.5 Å². The highest BCUT2D eigenvalue weighted by atomic mass is 19.1. The van der Waals surface area contributed by atoms with E-state index in [4.69, 9.17) is 0 Å². The van der Waals surface area contributed by atoms with Crippen LogP contribution in [-0.2, 0) is 11.3 Å². The number of halogens is 3.